The van der Waals surface area contributed by atoms with Crippen LogP contribution in [0.2, 0.25) is 0 Å². The molecule has 0 aliphatic carbocycles. The van der Waals surface area contributed by atoms with Gasteiger partial charge >= 0.3 is 0 Å². The fourth-order valence-electron chi connectivity index (χ4n) is 7.93. The van der Waals surface area contributed by atoms with Crippen LogP contribution >= 0.6 is 11.3 Å². The SMILES string of the molecule is c1ccc(-c2cc3ccc4oc5c(-c6c7ccccc7c(-c7ccc8c(c7)sc7ccccc78)c7ccccc67)cccc5c4c3o2)cc1. The molecule has 3 aromatic heterocycles. The molecule has 3 heterocycles. The van der Waals surface area contributed by atoms with E-state index in [1.807, 2.05) is 29.5 Å². The molecule has 0 saturated heterocycles. The van der Waals surface area contributed by atoms with Crippen molar-refractivity contribution in [3.8, 4) is 33.6 Å². The third kappa shape index (κ3) is 3.88. The zero-order chi connectivity index (χ0) is 32.1. The van der Waals surface area contributed by atoms with E-state index in [0.717, 1.165) is 49.8 Å². The summed E-state index contributed by atoms with van der Waals surface area (Å²) in [4.78, 5) is 0. The van der Waals surface area contributed by atoms with Crippen molar-refractivity contribution in [2.75, 3.05) is 0 Å². The lowest BCUT2D eigenvalue weighted by Crippen LogP contribution is -1.91. The molecule has 0 spiro atoms. The maximum atomic E-state index is 6.79. The van der Waals surface area contributed by atoms with Crippen molar-refractivity contribution >= 4 is 86.0 Å². The van der Waals surface area contributed by atoms with E-state index in [4.69, 9.17) is 8.83 Å². The summed E-state index contributed by atoms with van der Waals surface area (Å²) in [6, 6.07) is 56.5. The summed E-state index contributed by atoms with van der Waals surface area (Å²) in [5.74, 6) is 0.856. The molecule has 11 rings (SSSR count). The first-order valence-electron chi connectivity index (χ1n) is 16.6. The number of thiophene rings is 1. The second kappa shape index (κ2) is 10.2. The Labute approximate surface area is 285 Å². The Kier molecular flexibility index (Phi) is 5.57. The van der Waals surface area contributed by atoms with E-state index in [9.17, 15) is 0 Å². The van der Waals surface area contributed by atoms with E-state index in [2.05, 4.69) is 140 Å². The highest BCUT2D eigenvalue weighted by atomic mass is 32.1. The first kappa shape index (κ1) is 26.9. The van der Waals surface area contributed by atoms with Crippen LogP contribution in [0.3, 0.4) is 0 Å². The molecule has 0 radical (unpaired) electrons. The van der Waals surface area contributed by atoms with Crippen molar-refractivity contribution < 1.29 is 8.83 Å². The molecule has 0 N–H and O–H groups in total. The highest BCUT2D eigenvalue weighted by molar-refractivity contribution is 7.25. The van der Waals surface area contributed by atoms with Gasteiger partial charge in [-0.25, -0.2) is 0 Å². The van der Waals surface area contributed by atoms with E-state index in [1.165, 1.54) is 58.4 Å². The van der Waals surface area contributed by atoms with Gasteiger partial charge in [-0.3, -0.25) is 0 Å². The fourth-order valence-corrected chi connectivity index (χ4v) is 9.08. The summed E-state index contributed by atoms with van der Waals surface area (Å²) in [7, 11) is 0. The summed E-state index contributed by atoms with van der Waals surface area (Å²) >= 11 is 1.87. The molecule has 0 aliphatic heterocycles. The molecule has 0 unspecified atom stereocenters. The lowest BCUT2D eigenvalue weighted by atomic mass is 9.85. The van der Waals surface area contributed by atoms with E-state index in [0.29, 0.717) is 0 Å². The van der Waals surface area contributed by atoms with Gasteiger partial charge in [-0.15, -0.1) is 11.3 Å². The van der Waals surface area contributed by atoms with Crippen LogP contribution in [-0.2, 0) is 0 Å². The molecule has 3 heteroatoms. The van der Waals surface area contributed by atoms with Crippen molar-refractivity contribution in [2.45, 2.75) is 0 Å². The highest BCUT2D eigenvalue weighted by Gasteiger charge is 2.22. The van der Waals surface area contributed by atoms with Crippen molar-refractivity contribution in [3.63, 3.8) is 0 Å². The van der Waals surface area contributed by atoms with Crippen LogP contribution in [0.1, 0.15) is 0 Å². The van der Waals surface area contributed by atoms with Crippen LogP contribution < -0.4 is 0 Å². The predicted molar refractivity (Wildman–Crippen MR) is 208 cm³/mol. The van der Waals surface area contributed by atoms with Crippen molar-refractivity contribution in [1.29, 1.82) is 0 Å². The Morgan fingerprint density at radius 2 is 1.04 bits per heavy atom. The number of para-hydroxylation sites is 1. The molecule has 8 aromatic carbocycles. The van der Waals surface area contributed by atoms with E-state index < -0.39 is 0 Å². The smallest absolute Gasteiger partial charge is 0.146 e. The number of benzene rings is 8. The Balaban J connectivity index is 1.19. The largest absolute Gasteiger partial charge is 0.455 e. The minimum absolute atomic E-state index is 0.825. The maximum absolute atomic E-state index is 6.79. The molecule has 0 aliphatic rings. The second-order valence-corrected chi connectivity index (χ2v) is 13.9. The zero-order valence-corrected chi connectivity index (χ0v) is 27.1. The minimum Gasteiger partial charge on any atom is -0.455 e. The van der Waals surface area contributed by atoms with Crippen LogP contribution in [0, 0.1) is 0 Å². The molecular formula is C46H26O2S. The summed E-state index contributed by atoms with van der Waals surface area (Å²) in [5.41, 5.74) is 8.37. The Morgan fingerprint density at radius 3 is 1.82 bits per heavy atom. The summed E-state index contributed by atoms with van der Waals surface area (Å²) in [6.45, 7) is 0. The summed E-state index contributed by atoms with van der Waals surface area (Å²) in [6.07, 6.45) is 0. The van der Waals surface area contributed by atoms with Gasteiger partial charge in [0.2, 0.25) is 0 Å². The van der Waals surface area contributed by atoms with Gasteiger partial charge in [-0.1, -0.05) is 127 Å². The minimum atomic E-state index is 0.825. The van der Waals surface area contributed by atoms with Crippen molar-refractivity contribution in [2.24, 2.45) is 0 Å². The lowest BCUT2D eigenvalue weighted by Gasteiger charge is -2.18. The second-order valence-electron chi connectivity index (χ2n) is 12.8. The molecule has 228 valence electrons. The summed E-state index contributed by atoms with van der Waals surface area (Å²) in [5, 5.41) is 10.6. The standard InChI is InChI=1S/C46H26O2S/c1-2-11-27(12-3-1)39-25-29-22-24-38-44(45(29)48-39)37-19-10-18-36(46(37)47-38)43-34-16-6-4-14-32(34)42(33-15-5-7-17-35(33)43)28-21-23-31-30-13-8-9-20-40(30)49-41(31)26-28/h1-26H. The van der Waals surface area contributed by atoms with Gasteiger partial charge in [0.25, 0.3) is 0 Å². The molecule has 0 bridgehead atoms. The molecule has 0 atom stereocenters. The summed E-state index contributed by atoms with van der Waals surface area (Å²) < 4.78 is 16.0. The number of rotatable bonds is 3. The molecular weight excluding hydrogens is 617 g/mol. The first-order chi connectivity index (χ1) is 24.3. The van der Waals surface area contributed by atoms with Gasteiger partial charge in [0, 0.05) is 47.6 Å². The van der Waals surface area contributed by atoms with Gasteiger partial charge in [-0.05, 0) is 63.0 Å². The van der Waals surface area contributed by atoms with Crippen molar-refractivity contribution in [3.05, 3.63) is 158 Å². The first-order valence-corrected chi connectivity index (χ1v) is 17.4. The quantitative estimate of drug-likeness (QED) is 0.179. The lowest BCUT2D eigenvalue weighted by molar-refractivity contribution is 0.633. The normalized spacial score (nSPS) is 12.1. The van der Waals surface area contributed by atoms with Crippen LogP contribution in [0.5, 0.6) is 0 Å². The van der Waals surface area contributed by atoms with Gasteiger partial charge in [-0.2, -0.15) is 0 Å². The predicted octanol–water partition coefficient (Wildman–Crippen LogP) is 14.0. The third-order valence-corrected chi connectivity index (χ3v) is 11.2. The van der Waals surface area contributed by atoms with E-state index >= 15 is 0 Å². The molecule has 0 saturated carbocycles. The number of furan rings is 2. The van der Waals surface area contributed by atoms with E-state index in [1.54, 1.807) is 0 Å². The molecule has 0 amide bonds. The molecule has 11 aromatic rings. The number of hydrogen-bond acceptors (Lipinski definition) is 3. The Morgan fingerprint density at radius 1 is 0.388 bits per heavy atom. The number of hydrogen-bond donors (Lipinski definition) is 0. The van der Waals surface area contributed by atoms with Gasteiger partial charge < -0.3 is 8.83 Å². The molecule has 49 heavy (non-hydrogen) atoms. The van der Waals surface area contributed by atoms with Crippen LogP contribution in [0.15, 0.2) is 167 Å². The maximum Gasteiger partial charge on any atom is 0.146 e. The highest BCUT2D eigenvalue weighted by Crippen LogP contribution is 2.48. The van der Waals surface area contributed by atoms with Gasteiger partial charge in [0.1, 0.15) is 22.5 Å². The van der Waals surface area contributed by atoms with Crippen molar-refractivity contribution in [1.82, 2.24) is 0 Å². The molecule has 0 fully saturated rings. The fraction of sp³-hybridized carbons (Fsp3) is 0. The van der Waals surface area contributed by atoms with Crippen LogP contribution in [0.25, 0.3) is 108 Å². The van der Waals surface area contributed by atoms with Gasteiger partial charge in [0.15, 0.2) is 0 Å². The average Bonchev–Trinajstić information content (AvgIpc) is 3.87. The number of fused-ring (bicyclic) bond motifs is 10. The Bertz CT molecular complexity index is 3050. The van der Waals surface area contributed by atoms with Gasteiger partial charge in [0.05, 0.1) is 5.39 Å². The van der Waals surface area contributed by atoms with E-state index in [-0.39, 0.29) is 0 Å². The Hall–Kier alpha value is -6.16. The zero-order valence-electron chi connectivity index (χ0n) is 26.2. The van der Waals surface area contributed by atoms with Crippen LogP contribution in [-0.4, -0.2) is 0 Å². The third-order valence-electron chi connectivity index (χ3n) is 10.1. The molecule has 2 nitrogen and oxygen atoms in total. The monoisotopic (exact) mass is 642 g/mol. The van der Waals surface area contributed by atoms with Crippen LogP contribution in [0.4, 0.5) is 0 Å². The average molecular weight is 643 g/mol. The topological polar surface area (TPSA) is 26.3 Å².